The predicted molar refractivity (Wildman–Crippen MR) is 38.7 cm³/mol. The fourth-order valence-electron chi connectivity index (χ4n) is 0. The molecule has 0 aliphatic heterocycles. The summed E-state index contributed by atoms with van der Waals surface area (Å²) in [6.07, 6.45) is 0. The molecule has 0 saturated heterocycles. The van der Waals surface area contributed by atoms with Crippen molar-refractivity contribution in [2.24, 2.45) is 0 Å². The Labute approximate surface area is 62.5 Å². The van der Waals surface area contributed by atoms with Crippen molar-refractivity contribution >= 4 is 9.90 Å². The first-order valence-corrected chi connectivity index (χ1v) is 0. The molecule has 6 heteroatoms. The van der Waals surface area contributed by atoms with E-state index in [1.807, 2.05) is 0 Å². The average Bonchev–Trinajstić information content (AvgIpc) is 0. The Hall–Kier alpha value is 0.919. The van der Waals surface area contributed by atoms with Gasteiger partial charge in [-0.25, -0.2) is 0 Å². The molecule has 0 amide bonds. The molecule has 1 atom stereocenters. The van der Waals surface area contributed by atoms with Crippen LogP contribution in [0.3, 0.4) is 0 Å². The standard InChI is InChI=1S/CH3.Ir.4H2N.H3P/h1H3;;4*1H2;1H3/q-1;;4*-1;. The second-order valence-electron chi connectivity index (χ2n) is 0. The van der Waals surface area contributed by atoms with Gasteiger partial charge in [0, 0.05) is 20.1 Å². The minimum Gasteiger partial charge on any atom is -0.693 e. The molecule has 0 heterocycles. The van der Waals surface area contributed by atoms with Gasteiger partial charge in [-0.1, -0.05) is 0 Å². The quantitative estimate of drug-likeness (QED) is 0.479. The van der Waals surface area contributed by atoms with Crippen LogP contribution in [0, 0.1) is 7.43 Å². The van der Waals surface area contributed by atoms with E-state index in [1.54, 1.807) is 0 Å². The van der Waals surface area contributed by atoms with Crippen LogP contribution in [-0.4, -0.2) is 0 Å². The topological polar surface area (TPSA) is 134 Å². The second-order valence-corrected chi connectivity index (χ2v) is 0. The maximum absolute atomic E-state index is 0. The molecule has 7 heavy (non-hydrogen) atoms. The Morgan fingerprint density at radius 3 is 0.571 bits per heavy atom. The van der Waals surface area contributed by atoms with Crippen LogP contribution < -0.4 is 0 Å². The summed E-state index contributed by atoms with van der Waals surface area (Å²) in [7, 11) is 0. The van der Waals surface area contributed by atoms with Crippen LogP contribution >= 0.6 is 9.90 Å². The molecule has 0 aromatic heterocycles. The van der Waals surface area contributed by atoms with Crippen LogP contribution in [0.2, 0.25) is 0 Å². The van der Waals surface area contributed by atoms with Crippen LogP contribution in [-0.2, 0) is 20.1 Å². The molecule has 4 nitrogen and oxygen atoms in total. The van der Waals surface area contributed by atoms with Gasteiger partial charge in [0.1, 0.15) is 0 Å². The van der Waals surface area contributed by atoms with Crippen LogP contribution in [0.5, 0.6) is 0 Å². The van der Waals surface area contributed by atoms with E-state index in [1.165, 1.54) is 0 Å². The number of nitrogens with two attached hydrogens (primary N) is 4. The third-order valence-electron chi connectivity index (χ3n) is 0. The van der Waals surface area contributed by atoms with E-state index < -0.39 is 0 Å². The normalized spacial score (nSPS) is 0. The van der Waals surface area contributed by atoms with Gasteiger partial charge in [-0.3, -0.25) is 0 Å². The van der Waals surface area contributed by atoms with Crippen LogP contribution in [0.25, 0.3) is 24.6 Å². The van der Waals surface area contributed by atoms with Crippen molar-refractivity contribution in [3.05, 3.63) is 32.0 Å². The van der Waals surface area contributed by atoms with E-state index in [0.29, 0.717) is 0 Å². The molecule has 1 radical (unpaired) electrons. The summed E-state index contributed by atoms with van der Waals surface area (Å²) < 4.78 is 0. The van der Waals surface area contributed by atoms with Gasteiger partial charge in [0.05, 0.1) is 0 Å². The molecule has 0 bridgehead atoms. The minimum atomic E-state index is 0. The molecule has 0 saturated carbocycles. The molecule has 0 fully saturated rings. The van der Waals surface area contributed by atoms with E-state index in [4.69, 9.17) is 0 Å². The van der Waals surface area contributed by atoms with Crippen molar-refractivity contribution in [2.75, 3.05) is 0 Å². The predicted octanol–water partition coefficient (Wildman–Crippen LogP) is 3.37. The Morgan fingerprint density at radius 2 is 0.571 bits per heavy atom. The van der Waals surface area contributed by atoms with Crippen molar-refractivity contribution in [1.29, 1.82) is 0 Å². The fourth-order valence-corrected chi connectivity index (χ4v) is 0. The van der Waals surface area contributed by atoms with E-state index >= 15 is 0 Å². The van der Waals surface area contributed by atoms with Crippen LogP contribution in [0.15, 0.2) is 0 Å². The van der Waals surface area contributed by atoms with Gasteiger partial charge in [-0.15, -0.1) is 0 Å². The van der Waals surface area contributed by atoms with Gasteiger partial charge in [0.25, 0.3) is 0 Å². The van der Waals surface area contributed by atoms with E-state index in [-0.39, 0.29) is 62.0 Å². The molecule has 0 aromatic rings. The molecule has 1 unspecified atom stereocenters. The summed E-state index contributed by atoms with van der Waals surface area (Å²) in [5.74, 6) is 0. The first kappa shape index (κ1) is 449. The monoisotopic (exact) mass is 306 g/mol. The minimum absolute atomic E-state index is 0. The smallest absolute Gasteiger partial charge is 0 e. The fraction of sp³-hybridized carbons (Fsp3) is 0. The Balaban J connectivity index is 0. The molecule has 0 spiro atoms. The first-order chi connectivity index (χ1) is 0. The molecule has 0 aliphatic rings. The van der Waals surface area contributed by atoms with Crippen molar-refractivity contribution in [2.45, 2.75) is 0 Å². The van der Waals surface area contributed by atoms with Gasteiger partial charge < -0.3 is 32.0 Å². The first-order valence-electron chi connectivity index (χ1n) is 0. The third kappa shape index (κ3) is 198. The number of rotatable bonds is 0. The van der Waals surface area contributed by atoms with E-state index in [2.05, 4.69) is 0 Å². The van der Waals surface area contributed by atoms with Crippen molar-refractivity contribution < 1.29 is 20.1 Å². The molecule has 57 valence electrons. The Morgan fingerprint density at radius 1 is 0.571 bits per heavy atom. The Bertz CT molecular complexity index is 11.7. The van der Waals surface area contributed by atoms with Gasteiger partial charge >= 0.3 is 0 Å². The van der Waals surface area contributed by atoms with Gasteiger partial charge in [0.2, 0.25) is 0 Å². The van der Waals surface area contributed by atoms with Crippen molar-refractivity contribution in [3.8, 4) is 0 Å². The molecule has 8 N–H and O–H groups in total. The number of hydrogen-bond donors (Lipinski definition) is 0. The third-order valence-corrected chi connectivity index (χ3v) is 0. The molecule has 0 aliphatic carbocycles. The van der Waals surface area contributed by atoms with Crippen LogP contribution in [0.4, 0.5) is 0 Å². The van der Waals surface area contributed by atoms with E-state index in [9.17, 15) is 0 Å². The molecule has 0 rings (SSSR count). The molecular formula is CH14IrN4P-5. The summed E-state index contributed by atoms with van der Waals surface area (Å²) >= 11 is 0. The van der Waals surface area contributed by atoms with Gasteiger partial charge in [0.15, 0.2) is 0 Å². The zero-order chi connectivity index (χ0) is 0. The molecular weight excluding hydrogens is 291 g/mol. The average molecular weight is 305 g/mol. The summed E-state index contributed by atoms with van der Waals surface area (Å²) in [6, 6.07) is 0. The van der Waals surface area contributed by atoms with Gasteiger partial charge in [-0.05, 0) is 0 Å². The summed E-state index contributed by atoms with van der Waals surface area (Å²) in [4.78, 5) is 0. The zero-order valence-electron chi connectivity index (χ0n) is 4.35. The number of hydrogen-bond acceptors (Lipinski definition) is 0. The second kappa shape index (κ2) is 287. The van der Waals surface area contributed by atoms with Crippen LogP contribution in [0.1, 0.15) is 0 Å². The van der Waals surface area contributed by atoms with Crippen molar-refractivity contribution in [1.82, 2.24) is 0 Å². The molecule has 0 aromatic carbocycles. The van der Waals surface area contributed by atoms with E-state index in [0.717, 1.165) is 0 Å². The summed E-state index contributed by atoms with van der Waals surface area (Å²) in [5.41, 5.74) is 0. The maximum Gasteiger partial charge on any atom is 0 e. The zero-order valence-corrected chi connectivity index (χ0v) is 8.16. The summed E-state index contributed by atoms with van der Waals surface area (Å²) in [5, 5.41) is 0. The maximum atomic E-state index is 0. The van der Waals surface area contributed by atoms with Gasteiger partial charge in [-0.2, -0.15) is 9.90 Å². The SMILES string of the molecule is P.[CH3-].[Ir].[NH2-].[NH2-].[NH2-].[NH2-]. The van der Waals surface area contributed by atoms with Crippen molar-refractivity contribution in [3.63, 3.8) is 0 Å². The Kier molecular flexibility index (Phi) is 18400. The summed E-state index contributed by atoms with van der Waals surface area (Å²) in [6.45, 7) is 0. The largest absolute Gasteiger partial charge is 0.693 e.